The van der Waals surface area contributed by atoms with Gasteiger partial charge in [-0.1, -0.05) is 23.7 Å². The van der Waals surface area contributed by atoms with Crippen molar-refractivity contribution in [3.8, 4) is 22.4 Å². The van der Waals surface area contributed by atoms with E-state index in [9.17, 15) is 8.42 Å². The van der Waals surface area contributed by atoms with Crippen LogP contribution in [0, 0.1) is 0 Å². The van der Waals surface area contributed by atoms with Crippen molar-refractivity contribution in [3.63, 3.8) is 0 Å². The summed E-state index contributed by atoms with van der Waals surface area (Å²) < 4.78 is 23.2. The quantitative estimate of drug-likeness (QED) is 0.679. The molecular formula is C17H14Cl2N2O2S. The highest BCUT2D eigenvalue weighted by atomic mass is 35.5. The third-order valence-corrected chi connectivity index (χ3v) is 4.72. The Morgan fingerprint density at radius 2 is 1.71 bits per heavy atom. The first kappa shape index (κ1) is 18.4. The minimum Gasteiger partial charge on any atom is -0.264 e. The summed E-state index contributed by atoms with van der Waals surface area (Å²) in [5.41, 5.74) is 3.28. The molecule has 0 bridgehead atoms. The maximum atomic E-state index is 11.6. The van der Waals surface area contributed by atoms with E-state index in [1.165, 1.54) is 6.26 Å². The van der Waals surface area contributed by atoms with E-state index in [0.717, 1.165) is 22.4 Å². The predicted molar refractivity (Wildman–Crippen MR) is 98.3 cm³/mol. The summed E-state index contributed by atoms with van der Waals surface area (Å²) in [6.07, 6.45) is 6.19. The van der Waals surface area contributed by atoms with Gasteiger partial charge in [0, 0.05) is 36.0 Å². The molecule has 0 N–H and O–H groups in total. The van der Waals surface area contributed by atoms with Crippen molar-refractivity contribution in [2.24, 2.45) is 0 Å². The lowest BCUT2D eigenvalue weighted by atomic mass is 10.0. The minimum absolute atomic E-state index is 0. The van der Waals surface area contributed by atoms with E-state index in [1.54, 1.807) is 42.9 Å². The largest absolute Gasteiger partial charge is 0.264 e. The third-order valence-electron chi connectivity index (χ3n) is 3.38. The standard InChI is InChI=1S/C17H13ClN2O2S.ClH/c1-23(21,22)15-6-4-12(5-7-15)16-9-14(18)11-20-17(16)13-3-2-8-19-10-13;/h2-11H,1H3;1H. The molecule has 0 atom stereocenters. The summed E-state index contributed by atoms with van der Waals surface area (Å²) >= 11 is 6.08. The second kappa shape index (κ2) is 7.30. The highest BCUT2D eigenvalue weighted by Gasteiger charge is 2.12. The lowest BCUT2D eigenvalue weighted by molar-refractivity contribution is 0.602. The zero-order chi connectivity index (χ0) is 16.4. The minimum atomic E-state index is -3.22. The second-order valence-corrected chi connectivity index (χ2v) is 7.54. The molecule has 0 fully saturated rings. The number of halogens is 2. The second-order valence-electron chi connectivity index (χ2n) is 5.09. The van der Waals surface area contributed by atoms with Crippen molar-refractivity contribution in [3.05, 3.63) is 66.1 Å². The summed E-state index contributed by atoms with van der Waals surface area (Å²) in [4.78, 5) is 8.80. The smallest absolute Gasteiger partial charge is 0.175 e. The molecule has 0 aliphatic rings. The lowest BCUT2D eigenvalue weighted by Crippen LogP contribution is -1.96. The van der Waals surface area contributed by atoms with E-state index in [4.69, 9.17) is 11.6 Å². The van der Waals surface area contributed by atoms with Crippen molar-refractivity contribution in [1.29, 1.82) is 0 Å². The first-order chi connectivity index (χ1) is 10.9. The van der Waals surface area contributed by atoms with Crippen molar-refractivity contribution >= 4 is 33.8 Å². The van der Waals surface area contributed by atoms with E-state index in [1.807, 2.05) is 18.2 Å². The molecule has 2 aromatic heterocycles. The molecule has 3 aromatic rings. The van der Waals surface area contributed by atoms with Crippen LogP contribution in [0.5, 0.6) is 0 Å². The van der Waals surface area contributed by atoms with Gasteiger partial charge in [-0.05, 0) is 35.9 Å². The molecule has 0 unspecified atom stereocenters. The molecule has 0 aliphatic carbocycles. The summed E-state index contributed by atoms with van der Waals surface area (Å²) in [5, 5.41) is 0.514. The predicted octanol–water partition coefficient (Wildman–Crippen LogP) is 4.29. The van der Waals surface area contributed by atoms with Crippen molar-refractivity contribution in [1.82, 2.24) is 9.97 Å². The Bertz CT molecular complexity index is 944. The van der Waals surface area contributed by atoms with Crippen LogP contribution < -0.4 is 0 Å². The Balaban J connectivity index is 0.00000208. The van der Waals surface area contributed by atoms with Crippen molar-refractivity contribution in [2.45, 2.75) is 4.90 Å². The molecule has 0 saturated heterocycles. The van der Waals surface area contributed by atoms with Gasteiger partial charge in [0.15, 0.2) is 9.84 Å². The van der Waals surface area contributed by atoms with Crippen LogP contribution in [0.2, 0.25) is 5.02 Å². The molecule has 24 heavy (non-hydrogen) atoms. The molecule has 124 valence electrons. The Labute approximate surface area is 151 Å². The molecular weight excluding hydrogens is 367 g/mol. The molecule has 7 heteroatoms. The average molecular weight is 381 g/mol. The summed E-state index contributed by atoms with van der Waals surface area (Å²) in [6.45, 7) is 0. The monoisotopic (exact) mass is 380 g/mol. The molecule has 2 heterocycles. The Morgan fingerprint density at radius 1 is 1.00 bits per heavy atom. The zero-order valence-electron chi connectivity index (χ0n) is 12.7. The number of hydrogen-bond donors (Lipinski definition) is 0. The van der Waals surface area contributed by atoms with Gasteiger partial charge in [-0.3, -0.25) is 9.97 Å². The number of rotatable bonds is 3. The fourth-order valence-electron chi connectivity index (χ4n) is 2.27. The first-order valence-electron chi connectivity index (χ1n) is 6.81. The highest BCUT2D eigenvalue weighted by molar-refractivity contribution is 7.90. The van der Waals surface area contributed by atoms with Crippen LogP contribution in [0.25, 0.3) is 22.4 Å². The van der Waals surface area contributed by atoms with Crippen LogP contribution in [-0.2, 0) is 9.84 Å². The Hall–Kier alpha value is -1.95. The van der Waals surface area contributed by atoms with Gasteiger partial charge in [-0.25, -0.2) is 8.42 Å². The normalized spacial score (nSPS) is 10.9. The van der Waals surface area contributed by atoms with Gasteiger partial charge in [0.1, 0.15) is 0 Å². The number of pyridine rings is 2. The van der Waals surface area contributed by atoms with Gasteiger partial charge >= 0.3 is 0 Å². The molecule has 0 saturated carbocycles. The Morgan fingerprint density at radius 3 is 2.29 bits per heavy atom. The maximum Gasteiger partial charge on any atom is 0.175 e. The van der Waals surface area contributed by atoms with Crippen LogP contribution >= 0.6 is 24.0 Å². The van der Waals surface area contributed by atoms with Crippen molar-refractivity contribution < 1.29 is 8.42 Å². The van der Waals surface area contributed by atoms with E-state index < -0.39 is 9.84 Å². The maximum absolute atomic E-state index is 11.6. The van der Waals surface area contributed by atoms with Gasteiger partial charge in [0.25, 0.3) is 0 Å². The summed E-state index contributed by atoms with van der Waals surface area (Å²) in [7, 11) is -3.22. The summed E-state index contributed by atoms with van der Waals surface area (Å²) in [6, 6.07) is 12.2. The van der Waals surface area contributed by atoms with Gasteiger partial charge in [0.2, 0.25) is 0 Å². The van der Waals surface area contributed by atoms with Gasteiger partial charge in [-0.2, -0.15) is 0 Å². The summed E-state index contributed by atoms with van der Waals surface area (Å²) in [5.74, 6) is 0. The topological polar surface area (TPSA) is 59.9 Å². The van der Waals surface area contributed by atoms with E-state index in [2.05, 4.69) is 9.97 Å². The van der Waals surface area contributed by atoms with Gasteiger partial charge in [-0.15, -0.1) is 12.4 Å². The molecule has 0 amide bonds. The zero-order valence-corrected chi connectivity index (χ0v) is 15.1. The van der Waals surface area contributed by atoms with Crippen LogP contribution in [0.3, 0.4) is 0 Å². The van der Waals surface area contributed by atoms with E-state index >= 15 is 0 Å². The Kier molecular flexibility index (Phi) is 5.59. The number of hydrogen-bond acceptors (Lipinski definition) is 4. The van der Waals surface area contributed by atoms with Crippen LogP contribution in [0.1, 0.15) is 0 Å². The number of benzene rings is 1. The van der Waals surface area contributed by atoms with Gasteiger partial charge < -0.3 is 0 Å². The molecule has 0 aliphatic heterocycles. The van der Waals surface area contributed by atoms with Crippen LogP contribution in [0.4, 0.5) is 0 Å². The molecule has 0 spiro atoms. The fourth-order valence-corrected chi connectivity index (χ4v) is 3.06. The number of aromatic nitrogens is 2. The SMILES string of the molecule is CS(=O)(=O)c1ccc(-c2cc(Cl)cnc2-c2cccnc2)cc1.Cl. The highest BCUT2D eigenvalue weighted by Crippen LogP contribution is 2.32. The molecule has 0 radical (unpaired) electrons. The van der Waals surface area contributed by atoms with Crippen LogP contribution in [-0.4, -0.2) is 24.6 Å². The average Bonchev–Trinajstić information content (AvgIpc) is 2.55. The van der Waals surface area contributed by atoms with E-state index in [0.29, 0.717) is 5.02 Å². The number of nitrogens with zero attached hydrogens (tertiary/aromatic N) is 2. The first-order valence-corrected chi connectivity index (χ1v) is 9.08. The third kappa shape index (κ3) is 3.93. The van der Waals surface area contributed by atoms with E-state index in [-0.39, 0.29) is 17.3 Å². The molecule has 1 aromatic carbocycles. The number of sulfone groups is 1. The lowest BCUT2D eigenvalue weighted by Gasteiger charge is -2.10. The fraction of sp³-hybridized carbons (Fsp3) is 0.0588. The van der Waals surface area contributed by atoms with Crippen molar-refractivity contribution in [2.75, 3.05) is 6.26 Å². The van der Waals surface area contributed by atoms with Gasteiger partial charge in [0.05, 0.1) is 15.6 Å². The molecule has 3 rings (SSSR count). The van der Waals surface area contributed by atoms with Crippen LogP contribution in [0.15, 0.2) is 66.0 Å². The molecule has 4 nitrogen and oxygen atoms in total.